The van der Waals surface area contributed by atoms with Gasteiger partial charge in [0, 0.05) is 7.11 Å². The fourth-order valence-corrected chi connectivity index (χ4v) is 1.88. The zero-order chi connectivity index (χ0) is 15.0. The van der Waals surface area contributed by atoms with Crippen molar-refractivity contribution in [3.63, 3.8) is 0 Å². The van der Waals surface area contributed by atoms with Crippen LogP contribution >= 0.6 is 0 Å². The second-order valence-corrected chi connectivity index (χ2v) is 4.09. The molecule has 0 aliphatic heterocycles. The minimum atomic E-state index is -1.20. The Morgan fingerprint density at radius 3 is 2.75 bits per heavy atom. The summed E-state index contributed by atoms with van der Waals surface area (Å²) in [6, 6.07) is 5.85. The van der Waals surface area contributed by atoms with Crippen LogP contribution < -0.4 is 5.32 Å². The van der Waals surface area contributed by atoms with Crippen LogP contribution in [0.25, 0.3) is 0 Å². The molecule has 0 heterocycles. The van der Waals surface area contributed by atoms with Crippen LogP contribution in [0.5, 0.6) is 0 Å². The van der Waals surface area contributed by atoms with Gasteiger partial charge in [-0.25, -0.2) is 4.79 Å². The first-order chi connectivity index (χ1) is 9.65. The number of carbonyl (C=O) groups is 2. The molecule has 6 heteroatoms. The molecule has 0 saturated carbocycles. The molecule has 2 unspecified atom stereocenters. The number of benzene rings is 1. The predicted molar refractivity (Wildman–Crippen MR) is 71.7 cm³/mol. The molecule has 2 atom stereocenters. The largest absolute Gasteiger partial charge is 0.464 e. The minimum absolute atomic E-state index is 0.169. The van der Waals surface area contributed by atoms with Crippen LogP contribution in [0.3, 0.4) is 0 Å². The summed E-state index contributed by atoms with van der Waals surface area (Å²) in [6.07, 6.45) is -0.838. The van der Waals surface area contributed by atoms with Crippen LogP contribution in [-0.2, 0) is 25.7 Å². The van der Waals surface area contributed by atoms with Gasteiger partial charge in [-0.2, -0.15) is 0 Å². The fraction of sp³-hybridized carbons (Fsp3) is 0.429. The second kappa shape index (κ2) is 8.29. The van der Waals surface area contributed by atoms with Gasteiger partial charge in [-0.05, 0) is 18.1 Å². The molecule has 0 aromatic heterocycles. The van der Waals surface area contributed by atoms with E-state index in [2.05, 4.69) is 5.32 Å². The van der Waals surface area contributed by atoms with E-state index in [1.165, 1.54) is 7.11 Å². The Bertz CT molecular complexity index is 449. The molecule has 0 aliphatic carbocycles. The quantitative estimate of drug-likeness (QED) is 0.537. The lowest BCUT2D eigenvalue weighted by Gasteiger charge is -2.22. The summed E-state index contributed by atoms with van der Waals surface area (Å²) >= 11 is 0. The Labute approximate surface area is 117 Å². The van der Waals surface area contributed by atoms with Gasteiger partial charge in [0.25, 0.3) is 0 Å². The Hall–Kier alpha value is -1.92. The van der Waals surface area contributed by atoms with E-state index in [1.807, 2.05) is 0 Å². The summed E-state index contributed by atoms with van der Waals surface area (Å²) in [4.78, 5) is 22.4. The van der Waals surface area contributed by atoms with Crippen LogP contribution in [0.4, 0.5) is 0 Å². The minimum Gasteiger partial charge on any atom is -0.464 e. The molecule has 1 aromatic rings. The lowest BCUT2D eigenvalue weighted by atomic mass is 9.97. The summed E-state index contributed by atoms with van der Waals surface area (Å²) in [5.74, 6) is -0.681. The number of aliphatic hydroxyl groups is 1. The maximum atomic E-state index is 11.8. The molecule has 0 saturated heterocycles. The van der Waals surface area contributed by atoms with E-state index >= 15 is 0 Å². The molecule has 0 bridgehead atoms. The number of nitrogens with one attached hydrogen (secondary N) is 1. The smallest absolute Gasteiger partial charge is 0.331 e. The average molecular weight is 281 g/mol. The van der Waals surface area contributed by atoms with Crippen molar-refractivity contribution in [2.75, 3.05) is 13.7 Å². The molecule has 0 fully saturated rings. The van der Waals surface area contributed by atoms with Gasteiger partial charge in [0.2, 0.25) is 6.41 Å². The SMILES string of the molecule is CCOC(=O)C(NC=O)C(O)c1ccccc1COC. The number of aliphatic hydroxyl groups excluding tert-OH is 1. The van der Waals surface area contributed by atoms with Crippen molar-refractivity contribution in [3.05, 3.63) is 35.4 Å². The zero-order valence-corrected chi connectivity index (χ0v) is 11.5. The number of hydrogen-bond acceptors (Lipinski definition) is 5. The van der Waals surface area contributed by atoms with Gasteiger partial charge in [-0.15, -0.1) is 0 Å². The third-order valence-electron chi connectivity index (χ3n) is 2.78. The van der Waals surface area contributed by atoms with Crippen molar-refractivity contribution in [1.82, 2.24) is 5.32 Å². The highest BCUT2D eigenvalue weighted by molar-refractivity contribution is 5.79. The fourth-order valence-electron chi connectivity index (χ4n) is 1.88. The number of rotatable bonds is 8. The summed E-state index contributed by atoms with van der Waals surface area (Å²) in [7, 11) is 1.54. The van der Waals surface area contributed by atoms with E-state index in [0.29, 0.717) is 18.6 Å². The van der Waals surface area contributed by atoms with Crippen molar-refractivity contribution < 1.29 is 24.2 Å². The normalized spacial score (nSPS) is 13.3. The molecule has 1 amide bonds. The summed E-state index contributed by atoms with van der Waals surface area (Å²) in [5.41, 5.74) is 1.26. The van der Waals surface area contributed by atoms with E-state index in [4.69, 9.17) is 9.47 Å². The van der Waals surface area contributed by atoms with Crippen LogP contribution in [0, 0.1) is 0 Å². The Morgan fingerprint density at radius 1 is 1.45 bits per heavy atom. The molecule has 0 aliphatic rings. The van der Waals surface area contributed by atoms with Gasteiger partial charge in [0.05, 0.1) is 13.2 Å². The summed E-state index contributed by atoms with van der Waals surface area (Å²) < 4.78 is 9.90. The maximum Gasteiger partial charge on any atom is 0.331 e. The molecule has 110 valence electrons. The van der Waals surface area contributed by atoms with Crippen molar-refractivity contribution in [3.8, 4) is 0 Å². The highest BCUT2D eigenvalue weighted by Gasteiger charge is 2.30. The van der Waals surface area contributed by atoms with Crippen molar-refractivity contribution >= 4 is 12.4 Å². The van der Waals surface area contributed by atoms with Gasteiger partial charge >= 0.3 is 5.97 Å². The molecular formula is C14H19NO5. The third kappa shape index (κ3) is 4.04. The Kier molecular flexibility index (Phi) is 6.69. The highest BCUT2D eigenvalue weighted by atomic mass is 16.5. The number of esters is 1. The first kappa shape index (κ1) is 16.1. The van der Waals surface area contributed by atoms with Crippen molar-refractivity contribution in [2.24, 2.45) is 0 Å². The Morgan fingerprint density at radius 2 is 2.15 bits per heavy atom. The van der Waals surface area contributed by atoms with Gasteiger partial charge in [0.15, 0.2) is 6.04 Å². The second-order valence-electron chi connectivity index (χ2n) is 4.09. The van der Waals surface area contributed by atoms with Gasteiger partial charge in [0.1, 0.15) is 6.10 Å². The number of methoxy groups -OCH3 is 1. The standard InChI is InChI=1S/C14H19NO5/c1-3-20-14(18)12(15-9-16)13(17)11-7-5-4-6-10(11)8-19-2/h4-7,9,12-13,17H,3,8H2,1-2H3,(H,15,16). The molecule has 20 heavy (non-hydrogen) atoms. The maximum absolute atomic E-state index is 11.8. The first-order valence-electron chi connectivity index (χ1n) is 6.26. The molecule has 0 radical (unpaired) electrons. The number of carbonyl (C=O) groups excluding carboxylic acids is 2. The molecule has 1 rings (SSSR count). The Balaban J connectivity index is 3.02. The number of ether oxygens (including phenoxy) is 2. The summed E-state index contributed by atoms with van der Waals surface area (Å²) in [6.45, 7) is 2.12. The van der Waals surface area contributed by atoms with E-state index < -0.39 is 18.1 Å². The molecule has 0 spiro atoms. The van der Waals surface area contributed by atoms with Crippen LogP contribution in [0.15, 0.2) is 24.3 Å². The van der Waals surface area contributed by atoms with E-state index in [-0.39, 0.29) is 6.61 Å². The van der Waals surface area contributed by atoms with Crippen molar-refractivity contribution in [2.45, 2.75) is 25.7 Å². The lowest BCUT2D eigenvalue weighted by Crippen LogP contribution is -2.42. The number of hydrogen-bond donors (Lipinski definition) is 2. The topological polar surface area (TPSA) is 84.9 Å². The first-order valence-corrected chi connectivity index (χ1v) is 6.26. The lowest BCUT2D eigenvalue weighted by molar-refractivity contribution is -0.149. The average Bonchev–Trinajstić information content (AvgIpc) is 2.45. The zero-order valence-electron chi connectivity index (χ0n) is 11.5. The van der Waals surface area contributed by atoms with Crippen molar-refractivity contribution in [1.29, 1.82) is 0 Å². The molecule has 1 aromatic carbocycles. The van der Waals surface area contributed by atoms with Gasteiger partial charge < -0.3 is 19.9 Å². The van der Waals surface area contributed by atoms with Crippen LogP contribution in [0.1, 0.15) is 24.2 Å². The predicted octanol–water partition coefficient (Wildman–Crippen LogP) is 0.544. The van der Waals surface area contributed by atoms with E-state index in [9.17, 15) is 14.7 Å². The molecular weight excluding hydrogens is 262 g/mol. The van der Waals surface area contributed by atoms with Crippen LogP contribution in [-0.4, -0.2) is 37.2 Å². The third-order valence-corrected chi connectivity index (χ3v) is 2.78. The molecule has 2 N–H and O–H groups in total. The van der Waals surface area contributed by atoms with Gasteiger partial charge in [-0.3, -0.25) is 4.79 Å². The van der Waals surface area contributed by atoms with E-state index in [1.54, 1.807) is 31.2 Å². The highest BCUT2D eigenvalue weighted by Crippen LogP contribution is 2.22. The monoisotopic (exact) mass is 281 g/mol. The summed E-state index contributed by atoms with van der Waals surface area (Å²) in [5, 5.41) is 12.6. The van der Waals surface area contributed by atoms with E-state index in [0.717, 1.165) is 5.56 Å². The van der Waals surface area contributed by atoms with Gasteiger partial charge in [-0.1, -0.05) is 24.3 Å². The van der Waals surface area contributed by atoms with Crippen LogP contribution in [0.2, 0.25) is 0 Å². The molecule has 6 nitrogen and oxygen atoms in total. The number of amides is 1.